The summed E-state index contributed by atoms with van der Waals surface area (Å²) >= 11 is 0. The Hall–Kier alpha value is -2.58. The van der Waals surface area contributed by atoms with Crippen molar-refractivity contribution in [3.05, 3.63) is 35.9 Å². The van der Waals surface area contributed by atoms with Crippen LogP contribution in [0, 0.1) is 11.8 Å². The second-order valence-corrected chi connectivity index (χ2v) is 6.52. The molecule has 1 amide bonds. The molecule has 2 fully saturated rings. The molecular weight excluding hydrogens is 326 g/mol. The molecule has 0 aromatic heterocycles. The largest absolute Gasteiger partial charge is 0.460 e. The minimum absolute atomic E-state index is 0.0284. The number of nitrogen functional groups attached to an aromatic ring is 2. The zero-order valence-corrected chi connectivity index (χ0v) is 13.4. The average molecular weight is 345 g/mol. The monoisotopic (exact) mass is 345 g/mol. The Morgan fingerprint density at radius 1 is 1.20 bits per heavy atom. The van der Waals surface area contributed by atoms with Crippen LogP contribution in [0.4, 0.5) is 11.4 Å². The molecule has 2 saturated heterocycles. The molecule has 3 aliphatic rings. The predicted octanol–water partition coefficient (Wildman–Crippen LogP) is -0.262. The van der Waals surface area contributed by atoms with Crippen molar-refractivity contribution in [1.29, 1.82) is 0 Å². The molecular formula is C17H19N3O5. The van der Waals surface area contributed by atoms with Crippen molar-refractivity contribution < 1.29 is 24.2 Å². The number of likely N-dealkylation sites (tertiary alicyclic amines) is 1. The number of hydrogen-bond donors (Lipinski definition) is 3. The number of anilines is 2. The van der Waals surface area contributed by atoms with Gasteiger partial charge in [-0.1, -0.05) is 12.2 Å². The lowest BCUT2D eigenvalue weighted by molar-refractivity contribution is -0.139. The van der Waals surface area contributed by atoms with Gasteiger partial charge in [0.05, 0.1) is 30.2 Å². The van der Waals surface area contributed by atoms with Crippen molar-refractivity contribution in [3.63, 3.8) is 0 Å². The van der Waals surface area contributed by atoms with Crippen LogP contribution in [0.3, 0.4) is 0 Å². The second kappa shape index (κ2) is 5.75. The third-order valence-electron chi connectivity index (χ3n) is 4.96. The number of rotatable bonds is 4. The number of hydrogen-bond acceptors (Lipinski definition) is 7. The van der Waals surface area contributed by atoms with E-state index in [4.69, 9.17) is 20.9 Å². The first-order valence-corrected chi connectivity index (χ1v) is 8.11. The summed E-state index contributed by atoms with van der Waals surface area (Å²) in [5.74, 6) is -1.36. The number of aliphatic hydroxyl groups is 1. The number of benzene rings is 1. The van der Waals surface area contributed by atoms with Crippen molar-refractivity contribution in [1.82, 2.24) is 4.90 Å². The predicted molar refractivity (Wildman–Crippen MR) is 88.1 cm³/mol. The summed E-state index contributed by atoms with van der Waals surface area (Å²) in [6.45, 7) is 0.0926. The number of nitrogens with zero attached hydrogens (tertiary/aromatic N) is 1. The van der Waals surface area contributed by atoms with Crippen LogP contribution in [0.5, 0.6) is 0 Å². The fourth-order valence-corrected chi connectivity index (χ4v) is 3.88. The first kappa shape index (κ1) is 15.9. The standard InChI is InChI=1S/C17H19N3O5/c18-9-5-8(6-10(19)7-9)17(23)24-4-3-20-15(21)13-11-1-2-12(25-11)14(13)16(20)22/h1-2,5-7,11-15,21H,3-4,18-19H2. The number of carbonyl (C=O) groups is 2. The molecule has 1 aromatic carbocycles. The van der Waals surface area contributed by atoms with E-state index in [0.717, 1.165) is 0 Å². The quantitative estimate of drug-likeness (QED) is 0.389. The number of nitrogens with two attached hydrogens (primary N) is 2. The summed E-state index contributed by atoms with van der Waals surface area (Å²) in [6.07, 6.45) is 2.33. The zero-order valence-electron chi connectivity index (χ0n) is 13.4. The van der Waals surface area contributed by atoms with Crippen LogP contribution in [0.1, 0.15) is 10.4 Å². The van der Waals surface area contributed by atoms with E-state index in [9.17, 15) is 14.7 Å². The smallest absolute Gasteiger partial charge is 0.338 e. The van der Waals surface area contributed by atoms with Gasteiger partial charge in [0.25, 0.3) is 0 Å². The molecule has 5 unspecified atom stereocenters. The minimum Gasteiger partial charge on any atom is -0.460 e. The van der Waals surface area contributed by atoms with Gasteiger partial charge in [-0.05, 0) is 18.2 Å². The molecule has 3 heterocycles. The van der Waals surface area contributed by atoms with Gasteiger partial charge in [0.15, 0.2) is 0 Å². The first-order valence-electron chi connectivity index (χ1n) is 8.11. The van der Waals surface area contributed by atoms with E-state index in [0.29, 0.717) is 11.4 Å². The van der Waals surface area contributed by atoms with Gasteiger partial charge >= 0.3 is 5.97 Å². The lowest BCUT2D eigenvalue weighted by Gasteiger charge is -2.24. The summed E-state index contributed by atoms with van der Waals surface area (Å²) in [5.41, 5.74) is 12.3. The summed E-state index contributed by atoms with van der Waals surface area (Å²) < 4.78 is 10.8. The highest BCUT2D eigenvalue weighted by Gasteiger charge is 2.60. The molecule has 0 spiro atoms. The van der Waals surface area contributed by atoms with Crippen LogP contribution in [0.2, 0.25) is 0 Å². The molecule has 0 radical (unpaired) electrons. The molecule has 25 heavy (non-hydrogen) atoms. The highest BCUT2D eigenvalue weighted by molar-refractivity contribution is 5.91. The normalized spacial score (nSPS) is 32.3. The van der Waals surface area contributed by atoms with Gasteiger partial charge in [-0.15, -0.1) is 0 Å². The van der Waals surface area contributed by atoms with Crippen LogP contribution in [0.25, 0.3) is 0 Å². The van der Waals surface area contributed by atoms with Crippen molar-refractivity contribution in [2.24, 2.45) is 11.8 Å². The number of ether oxygens (including phenoxy) is 2. The maximum absolute atomic E-state index is 12.5. The number of esters is 1. The summed E-state index contributed by atoms with van der Waals surface area (Å²) in [7, 11) is 0. The Balaban J connectivity index is 1.36. The van der Waals surface area contributed by atoms with E-state index >= 15 is 0 Å². The Kier molecular flexibility index (Phi) is 3.66. The molecule has 0 aliphatic carbocycles. The van der Waals surface area contributed by atoms with Crippen molar-refractivity contribution >= 4 is 23.3 Å². The van der Waals surface area contributed by atoms with E-state index in [2.05, 4.69) is 0 Å². The first-order chi connectivity index (χ1) is 12.0. The van der Waals surface area contributed by atoms with Gasteiger partial charge in [-0.25, -0.2) is 4.79 Å². The van der Waals surface area contributed by atoms with Gasteiger partial charge in [-0.3, -0.25) is 4.79 Å². The second-order valence-electron chi connectivity index (χ2n) is 6.52. The SMILES string of the molecule is Nc1cc(N)cc(C(=O)OCCN2C(=O)C3C4C=CC(O4)C3C2O)c1. The van der Waals surface area contributed by atoms with E-state index in [1.54, 1.807) is 6.07 Å². The fraction of sp³-hybridized carbons (Fsp3) is 0.412. The summed E-state index contributed by atoms with van der Waals surface area (Å²) in [4.78, 5) is 25.9. The van der Waals surface area contributed by atoms with Crippen molar-refractivity contribution in [2.45, 2.75) is 18.4 Å². The molecule has 5 N–H and O–H groups in total. The Morgan fingerprint density at radius 3 is 2.56 bits per heavy atom. The van der Waals surface area contributed by atoms with E-state index in [1.165, 1.54) is 17.0 Å². The minimum atomic E-state index is -0.931. The molecule has 132 valence electrons. The molecule has 5 atom stereocenters. The van der Waals surface area contributed by atoms with Gasteiger partial charge in [0.1, 0.15) is 12.8 Å². The van der Waals surface area contributed by atoms with Crippen LogP contribution in [-0.2, 0) is 14.3 Å². The van der Waals surface area contributed by atoms with Crippen molar-refractivity contribution in [3.8, 4) is 0 Å². The molecule has 0 saturated carbocycles. The summed E-state index contributed by atoms with van der Waals surface area (Å²) in [5, 5.41) is 10.4. The topological polar surface area (TPSA) is 128 Å². The van der Waals surface area contributed by atoms with Crippen LogP contribution < -0.4 is 11.5 Å². The lowest BCUT2D eigenvalue weighted by atomic mass is 9.85. The van der Waals surface area contributed by atoms with E-state index in [-0.39, 0.29) is 48.7 Å². The van der Waals surface area contributed by atoms with Crippen molar-refractivity contribution in [2.75, 3.05) is 24.6 Å². The van der Waals surface area contributed by atoms with E-state index < -0.39 is 12.2 Å². The number of carbonyl (C=O) groups excluding carboxylic acids is 2. The molecule has 8 nitrogen and oxygen atoms in total. The third kappa shape index (κ3) is 2.54. The number of fused-ring (bicyclic) bond motifs is 5. The van der Waals surface area contributed by atoms with Crippen LogP contribution in [-0.4, -0.2) is 53.5 Å². The van der Waals surface area contributed by atoms with Crippen LogP contribution in [0.15, 0.2) is 30.4 Å². The maximum Gasteiger partial charge on any atom is 0.338 e. The Bertz CT molecular complexity index is 744. The van der Waals surface area contributed by atoms with Gasteiger partial charge in [-0.2, -0.15) is 0 Å². The molecule has 1 aromatic rings. The molecule has 3 aliphatic heterocycles. The third-order valence-corrected chi connectivity index (χ3v) is 4.96. The number of amides is 1. The van der Waals surface area contributed by atoms with Gasteiger partial charge in [0.2, 0.25) is 5.91 Å². The Morgan fingerprint density at radius 2 is 1.88 bits per heavy atom. The zero-order chi connectivity index (χ0) is 17.7. The van der Waals surface area contributed by atoms with Gasteiger partial charge in [0, 0.05) is 17.3 Å². The highest BCUT2D eigenvalue weighted by Crippen LogP contribution is 2.46. The van der Waals surface area contributed by atoms with Gasteiger partial charge < -0.3 is 30.9 Å². The molecule has 4 rings (SSSR count). The maximum atomic E-state index is 12.5. The highest BCUT2D eigenvalue weighted by atomic mass is 16.5. The lowest BCUT2D eigenvalue weighted by Crippen LogP contribution is -2.40. The molecule has 2 bridgehead atoms. The van der Waals surface area contributed by atoms with E-state index in [1.807, 2.05) is 12.2 Å². The molecule has 8 heteroatoms. The summed E-state index contributed by atoms with van der Waals surface area (Å²) in [6, 6.07) is 4.48. The fourth-order valence-electron chi connectivity index (χ4n) is 3.88. The Labute approximate surface area is 144 Å². The number of aliphatic hydroxyl groups excluding tert-OH is 1. The van der Waals surface area contributed by atoms with Crippen LogP contribution >= 0.6 is 0 Å². The average Bonchev–Trinajstić information content (AvgIpc) is 3.23.